The number of halogens is 1. The van der Waals surface area contributed by atoms with Gasteiger partial charge in [-0.1, -0.05) is 29.8 Å². The molecule has 2 aromatic carbocycles. The summed E-state index contributed by atoms with van der Waals surface area (Å²) in [7, 11) is -3.66. The lowest BCUT2D eigenvalue weighted by atomic mass is 10.1. The number of carbonyl (C=O) groups excluding carboxylic acids is 1. The van der Waals surface area contributed by atoms with Gasteiger partial charge in [0.25, 0.3) is 5.91 Å². The third-order valence-corrected chi connectivity index (χ3v) is 6.09. The van der Waals surface area contributed by atoms with E-state index >= 15 is 0 Å². The van der Waals surface area contributed by atoms with Crippen LogP contribution in [0.3, 0.4) is 0 Å². The minimum absolute atomic E-state index is 0.0195. The number of nitrogens with zero attached hydrogens (tertiary/aromatic N) is 2. The van der Waals surface area contributed by atoms with E-state index in [-0.39, 0.29) is 11.9 Å². The van der Waals surface area contributed by atoms with E-state index in [1.165, 1.54) is 0 Å². The van der Waals surface area contributed by atoms with Crippen LogP contribution in [-0.4, -0.2) is 32.7 Å². The number of anilines is 2. The summed E-state index contributed by atoms with van der Waals surface area (Å²) in [6.07, 6.45) is 1.86. The maximum atomic E-state index is 13.2. The molecule has 0 saturated carbocycles. The number of hydrogen-bond acceptors (Lipinski definition) is 3. The van der Waals surface area contributed by atoms with Crippen molar-refractivity contribution in [1.29, 1.82) is 0 Å². The zero-order valence-corrected chi connectivity index (χ0v) is 16.5. The summed E-state index contributed by atoms with van der Waals surface area (Å²) in [4.78, 5) is 14.9. The number of sulfonamides is 1. The average Bonchev–Trinajstić information content (AvgIpc) is 2.90. The second-order valence-corrected chi connectivity index (χ2v) is 8.90. The molecule has 2 atom stereocenters. The molecule has 138 valence electrons. The van der Waals surface area contributed by atoms with Gasteiger partial charge in [-0.15, -0.1) is 0 Å². The summed E-state index contributed by atoms with van der Waals surface area (Å²) in [6.45, 7) is 3.59. The highest BCUT2D eigenvalue weighted by molar-refractivity contribution is 7.92. The first-order valence-corrected chi connectivity index (χ1v) is 10.6. The van der Waals surface area contributed by atoms with Crippen molar-refractivity contribution in [3.63, 3.8) is 0 Å². The fourth-order valence-electron chi connectivity index (χ4n) is 3.49. The Hall–Kier alpha value is -2.05. The second kappa shape index (κ2) is 6.93. The number of rotatable bonds is 4. The molecule has 26 heavy (non-hydrogen) atoms. The van der Waals surface area contributed by atoms with E-state index < -0.39 is 16.1 Å². The van der Waals surface area contributed by atoms with Gasteiger partial charge in [0, 0.05) is 16.8 Å². The Kier molecular flexibility index (Phi) is 4.99. The molecule has 3 rings (SSSR count). The van der Waals surface area contributed by atoms with Gasteiger partial charge in [-0.25, -0.2) is 8.42 Å². The van der Waals surface area contributed by atoms with Crippen molar-refractivity contribution in [3.05, 3.63) is 59.1 Å². The molecule has 0 saturated heterocycles. The predicted molar refractivity (Wildman–Crippen MR) is 105 cm³/mol. The van der Waals surface area contributed by atoms with Gasteiger partial charge in [-0.05, 0) is 56.2 Å². The van der Waals surface area contributed by atoms with Crippen LogP contribution in [0.1, 0.15) is 19.4 Å². The first kappa shape index (κ1) is 18.7. The summed E-state index contributed by atoms with van der Waals surface area (Å²) in [5.41, 5.74) is 2.36. The minimum Gasteiger partial charge on any atom is -0.307 e. The van der Waals surface area contributed by atoms with Crippen LogP contribution in [0.25, 0.3) is 0 Å². The Bertz CT molecular complexity index is 928. The Balaban J connectivity index is 1.98. The molecule has 5 nitrogen and oxygen atoms in total. The van der Waals surface area contributed by atoms with E-state index in [4.69, 9.17) is 11.6 Å². The van der Waals surface area contributed by atoms with Crippen LogP contribution < -0.4 is 9.21 Å². The van der Waals surface area contributed by atoms with Crippen LogP contribution in [0.15, 0.2) is 48.5 Å². The number of carbonyl (C=O) groups is 1. The molecule has 0 bridgehead atoms. The largest absolute Gasteiger partial charge is 0.307 e. The van der Waals surface area contributed by atoms with E-state index in [0.717, 1.165) is 28.2 Å². The predicted octanol–water partition coefficient (Wildman–Crippen LogP) is 3.47. The minimum atomic E-state index is -3.66. The molecule has 0 aliphatic carbocycles. The molecule has 0 fully saturated rings. The lowest BCUT2D eigenvalue weighted by Gasteiger charge is -2.33. The number of amides is 1. The van der Waals surface area contributed by atoms with Gasteiger partial charge in [-0.2, -0.15) is 0 Å². The number of benzene rings is 2. The molecule has 1 heterocycles. The topological polar surface area (TPSA) is 57.7 Å². The molecule has 0 N–H and O–H groups in total. The molecule has 1 amide bonds. The first-order valence-electron chi connectivity index (χ1n) is 8.36. The standard InChI is InChI=1S/C19H21ClN2O3S/c1-13-12-15-6-4-5-7-18(15)21(13)19(23)14(2)22(26(3,24)25)17-10-8-16(20)9-11-17/h4-11,13-14H,12H2,1-3H3/t13-,14+/m1/s1. The smallest absolute Gasteiger partial charge is 0.250 e. The molecule has 7 heteroatoms. The zero-order chi connectivity index (χ0) is 19.1. The van der Waals surface area contributed by atoms with Crippen molar-refractivity contribution in [2.24, 2.45) is 0 Å². The van der Waals surface area contributed by atoms with Crippen LogP contribution in [0, 0.1) is 0 Å². The highest BCUT2D eigenvalue weighted by Crippen LogP contribution is 2.33. The Labute approximate surface area is 159 Å². The van der Waals surface area contributed by atoms with Gasteiger partial charge < -0.3 is 4.90 Å². The van der Waals surface area contributed by atoms with Crippen molar-refractivity contribution in [2.45, 2.75) is 32.4 Å². The molecule has 1 aliphatic rings. The van der Waals surface area contributed by atoms with E-state index in [1.54, 1.807) is 36.1 Å². The van der Waals surface area contributed by atoms with Crippen LogP contribution in [0.2, 0.25) is 5.02 Å². The quantitative estimate of drug-likeness (QED) is 0.800. The van der Waals surface area contributed by atoms with Gasteiger partial charge >= 0.3 is 0 Å². The second-order valence-electron chi connectivity index (χ2n) is 6.60. The molecule has 0 unspecified atom stereocenters. The van der Waals surface area contributed by atoms with Crippen molar-refractivity contribution >= 4 is 38.9 Å². The fraction of sp³-hybridized carbons (Fsp3) is 0.316. The molecular weight excluding hydrogens is 372 g/mol. The normalized spacial score (nSPS) is 17.7. The van der Waals surface area contributed by atoms with Gasteiger partial charge in [0.2, 0.25) is 10.0 Å². The Morgan fingerprint density at radius 2 is 1.81 bits per heavy atom. The molecule has 1 aliphatic heterocycles. The van der Waals surface area contributed by atoms with Gasteiger partial charge in [-0.3, -0.25) is 9.10 Å². The van der Waals surface area contributed by atoms with Crippen LogP contribution in [0.5, 0.6) is 0 Å². The summed E-state index contributed by atoms with van der Waals surface area (Å²) in [5, 5.41) is 0.503. The van der Waals surface area contributed by atoms with E-state index in [2.05, 4.69) is 0 Å². The van der Waals surface area contributed by atoms with Crippen LogP contribution in [0.4, 0.5) is 11.4 Å². The van der Waals surface area contributed by atoms with Crippen molar-refractivity contribution < 1.29 is 13.2 Å². The highest BCUT2D eigenvalue weighted by atomic mass is 35.5. The maximum absolute atomic E-state index is 13.2. The molecule has 0 spiro atoms. The van der Waals surface area contributed by atoms with Gasteiger partial charge in [0.05, 0.1) is 11.9 Å². The highest BCUT2D eigenvalue weighted by Gasteiger charge is 2.37. The fourth-order valence-corrected chi connectivity index (χ4v) is 4.79. The SMILES string of the molecule is C[C@@H]1Cc2ccccc2N1C(=O)[C@H](C)N(c1ccc(Cl)cc1)S(C)(=O)=O. The monoisotopic (exact) mass is 392 g/mol. The molecule has 0 aromatic heterocycles. The Morgan fingerprint density at radius 3 is 2.42 bits per heavy atom. The lowest BCUT2D eigenvalue weighted by molar-refractivity contribution is -0.119. The van der Waals surface area contributed by atoms with Crippen molar-refractivity contribution in [2.75, 3.05) is 15.5 Å². The van der Waals surface area contributed by atoms with Crippen LogP contribution in [-0.2, 0) is 21.2 Å². The first-order chi connectivity index (χ1) is 12.2. The number of hydrogen-bond donors (Lipinski definition) is 0. The maximum Gasteiger partial charge on any atom is 0.250 e. The summed E-state index contributed by atoms with van der Waals surface area (Å²) >= 11 is 5.91. The molecule has 2 aromatic rings. The zero-order valence-electron chi connectivity index (χ0n) is 14.9. The van der Waals surface area contributed by atoms with Gasteiger partial charge in [0.1, 0.15) is 6.04 Å². The van der Waals surface area contributed by atoms with E-state index in [0.29, 0.717) is 10.7 Å². The number of para-hydroxylation sites is 1. The van der Waals surface area contributed by atoms with Gasteiger partial charge in [0.15, 0.2) is 0 Å². The third-order valence-electron chi connectivity index (χ3n) is 4.59. The summed E-state index contributed by atoms with van der Waals surface area (Å²) < 4.78 is 26.0. The van der Waals surface area contributed by atoms with E-state index in [1.807, 2.05) is 31.2 Å². The lowest BCUT2D eigenvalue weighted by Crippen LogP contribution is -2.51. The Morgan fingerprint density at radius 1 is 1.19 bits per heavy atom. The average molecular weight is 393 g/mol. The van der Waals surface area contributed by atoms with Crippen LogP contribution >= 0.6 is 11.6 Å². The summed E-state index contributed by atoms with van der Waals surface area (Å²) in [6, 6.07) is 13.3. The molecule has 0 radical (unpaired) electrons. The number of fused-ring (bicyclic) bond motifs is 1. The van der Waals surface area contributed by atoms with Crippen molar-refractivity contribution in [3.8, 4) is 0 Å². The van der Waals surface area contributed by atoms with Crippen molar-refractivity contribution in [1.82, 2.24) is 0 Å². The summed E-state index contributed by atoms with van der Waals surface area (Å²) in [5.74, 6) is -0.247. The van der Waals surface area contributed by atoms with E-state index in [9.17, 15) is 13.2 Å². The molecular formula is C19H21ClN2O3S. The third kappa shape index (κ3) is 3.44.